The topological polar surface area (TPSA) is 52.3 Å². The van der Waals surface area contributed by atoms with Crippen LogP contribution in [-0.2, 0) is 4.79 Å². The first-order chi connectivity index (χ1) is 6.13. The van der Waals surface area contributed by atoms with Crippen LogP contribution >= 0.6 is 0 Å². The quantitative estimate of drug-likeness (QED) is 0.431. The molecule has 1 aromatic carbocycles. The standard InChI is InChI=1S/C9H10FNO2/c1-2-9(12)13-6-3-4-8(11)7(10)5-6/h3-5H,2,11H2,1H3. The van der Waals surface area contributed by atoms with E-state index in [1.165, 1.54) is 12.1 Å². The normalized spacial score (nSPS) is 9.69. The Morgan fingerprint density at radius 1 is 1.62 bits per heavy atom. The maximum atomic E-state index is 12.8. The Kier molecular flexibility index (Phi) is 2.84. The Bertz CT molecular complexity index is 325. The lowest BCUT2D eigenvalue weighted by atomic mass is 10.3. The Labute approximate surface area is 75.3 Å². The SMILES string of the molecule is CCC(=O)Oc1ccc(N)c(F)c1. The number of rotatable bonds is 2. The van der Waals surface area contributed by atoms with Gasteiger partial charge in [-0.1, -0.05) is 6.92 Å². The van der Waals surface area contributed by atoms with E-state index in [0.29, 0.717) is 0 Å². The van der Waals surface area contributed by atoms with Crippen LogP contribution in [0.1, 0.15) is 13.3 Å². The van der Waals surface area contributed by atoms with E-state index < -0.39 is 11.8 Å². The van der Waals surface area contributed by atoms with E-state index >= 15 is 0 Å². The number of nitrogen functional groups attached to an aromatic ring is 1. The maximum Gasteiger partial charge on any atom is 0.310 e. The molecular formula is C9H10FNO2. The van der Waals surface area contributed by atoms with Crippen LogP contribution in [0.2, 0.25) is 0 Å². The predicted molar refractivity (Wildman–Crippen MR) is 46.7 cm³/mol. The molecule has 0 unspecified atom stereocenters. The highest BCUT2D eigenvalue weighted by atomic mass is 19.1. The fourth-order valence-corrected chi connectivity index (χ4v) is 0.775. The summed E-state index contributed by atoms with van der Waals surface area (Å²) < 4.78 is 17.6. The van der Waals surface area contributed by atoms with Crippen molar-refractivity contribution < 1.29 is 13.9 Å². The molecule has 3 nitrogen and oxygen atoms in total. The lowest BCUT2D eigenvalue weighted by molar-refractivity contribution is -0.134. The van der Waals surface area contributed by atoms with Gasteiger partial charge in [0.25, 0.3) is 0 Å². The molecule has 0 heterocycles. The molecule has 0 bridgehead atoms. The van der Waals surface area contributed by atoms with E-state index in [1.54, 1.807) is 6.92 Å². The van der Waals surface area contributed by atoms with Gasteiger partial charge in [0.05, 0.1) is 5.69 Å². The number of halogens is 1. The minimum atomic E-state index is -0.582. The maximum absolute atomic E-state index is 12.8. The molecule has 1 aromatic rings. The van der Waals surface area contributed by atoms with Gasteiger partial charge in [0.2, 0.25) is 0 Å². The molecule has 0 saturated carbocycles. The summed E-state index contributed by atoms with van der Waals surface area (Å²) in [6, 6.07) is 3.89. The first kappa shape index (κ1) is 9.51. The van der Waals surface area contributed by atoms with Crippen molar-refractivity contribution in [3.05, 3.63) is 24.0 Å². The van der Waals surface area contributed by atoms with Crippen molar-refractivity contribution in [2.45, 2.75) is 13.3 Å². The van der Waals surface area contributed by atoms with E-state index in [9.17, 15) is 9.18 Å². The number of ether oxygens (including phenoxy) is 1. The number of anilines is 1. The summed E-state index contributed by atoms with van der Waals surface area (Å²) in [5.41, 5.74) is 5.27. The third kappa shape index (κ3) is 2.43. The highest BCUT2D eigenvalue weighted by Crippen LogP contribution is 2.18. The van der Waals surface area contributed by atoms with Gasteiger partial charge in [-0.3, -0.25) is 4.79 Å². The van der Waals surface area contributed by atoms with Gasteiger partial charge in [0.15, 0.2) is 0 Å². The van der Waals surface area contributed by atoms with Crippen molar-refractivity contribution in [2.24, 2.45) is 0 Å². The second kappa shape index (κ2) is 3.89. The molecule has 4 heteroatoms. The Balaban J connectivity index is 2.79. The molecule has 0 aliphatic heterocycles. The van der Waals surface area contributed by atoms with E-state index in [-0.39, 0.29) is 17.9 Å². The largest absolute Gasteiger partial charge is 0.426 e. The first-order valence-corrected chi connectivity index (χ1v) is 3.89. The van der Waals surface area contributed by atoms with Crippen molar-refractivity contribution in [2.75, 3.05) is 5.73 Å². The number of benzene rings is 1. The van der Waals surface area contributed by atoms with Crippen LogP contribution in [0.15, 0.2) is 18.2 Å². The summed E-state index contributed by atoms with van der Waals surface area (Å²) in [5, 5.41) is 0. The third-order valence-corrected chi connectivity index (χ3v) is 1.49. The lowest BCUT2D eigenvalue weighted by Crippen LogP contribution is -2.05. The predicted octanol–water partition coefficient (Wildman–Crippen LogP) is 1.72. The number of carbonyl (C=O) groups is 1. The molecule has 0 aromatic heterocycles. The first-order valence-electron chi connectivity index (χ1n) is 3.89. The zero-order chi connectivity index (χ0) is 9.84. The summed E-state index contributed by atoms with van der Waals surface area (Å²) in [4.78, 5) is 10.8. The summed E-state index contributed by atoms with van der Waals surface area (Å²) >= 11 is 0. The van der Waals surface area contributed by atoms with Crippen LogP contribution < -0.4 is 10.5 Å². The molecule has 0 atom stereocenters. The molecule has 0 aliphatic rings. The second-order valence-electron chi connectivity index (χ2n) is 2.51. The van der Waals surface area contributed by atoms with Gasteiger partial charge in [0.1, 0.15) is 11.6 Å². The molecule has 2 N–H and O–H groups in total. The Hall–Kier alpha value is -1.58. The summed E-state index contributed by atoms with van der Waals surface area (Å²) in [5.74, 6) is -0.802. The highest BCUT2D eigenvalue weighted by Gasteiger charge is 2.04. The van der Waals surface area contributed by atoms with E-state index in [1.807, 2.05) is 0 Å². The van der Waals surface area contributed by atoms with Crippen LogP contribution in [-0.4, -0.2) is 5.97 Å². The molecule has 13 heavy (non-hydrogen) atoms. The number of hydrogen-bond acceptors (Lipinski definition) is 3. The van der Waals surface area contributed by atoms with Crippen LogP contribution in [0.3, 0.4) is 0 Å². The lowest BCUT2D eigenvalue weighted by Gasteiger charge is -2.03. The van der Waals surface area contributed by atoms with Crippen molar-refractivity contribution in [3.63, 3.8) is 0 Å². The molecule has 70 valence electrons. The van der Waals surface area contributed by atoms with Crippen molar-refractivity contribution in [1.29, 1.82) is 0 Å². The average Bonchev–Trinajstić information content (AvgIpc) is 2.11. The van der Waals surface area contributed by atoms with Gasteiger partial charge in [-0.25, -0.2) is 4.39 Å². The van der Waals surface area contributed by atoms with E-state index in [2.05, 4.69) is 0 Å². The molecule has 0 saturated heterocycles. The minimum absolute atomic E-state index is 0.0382. The van der Waals surface area contributed by atoms with E-state index in [0.717, 1.165) is 6.07 Å². The molecule has 0 amide bonds. The van der Waals surface area contributed by atoms with Crippen LogP contribution in [0.5, 0.6) is 5.75 Å². The van der Waals surface area contributed by atoms with Crippen molar-refractivity contribution in [1.82, 2.24) is 0 Å². The molecule has 0 fully saturated rings. The summed E-state index contributed by atoms with van der Waals surface area (Å²) in [6.45, 7) is 1.66. The van der Waals surface area contributed by atoms with Crippen LogP contribution in [0.25, 0.3) is 0 Å². The summed E-state index contributed by atoms with van der Waals surface area (Å²) in [7, 11) is 0. The second-order valence-corrected chi connectivity index (χ2v) is 2.51. The van der Waals surface area contributed by atoms with Crippen molar-refractivity contribution >= 4 is 11.7 Å². The molecule has 1 rings (SSSR count). The number of hydrogen-bond donors (Lipinski definition) is 1. The van der Waals surface area contributed by atoms with Crippen LogP contribution in [0.4, 0.5) is 10.1 Å². The minimum Gasteiger partial charge on any atom is -0.426 e. The number of carbonyl (C=O) groups excluding carboxylic acids is 1. The van der Waals surface area contributed by atoms with Gasteiger partial charge in [-0.05, 0) is 12.1 Å². The molecule has 0 spiro atoms. The van der Waals surface area contributed by atoms with Gasteiger partial charge in [-0.15, -0.1) is 0 Å². The average molecular weight is 183 g/mol. The highest BCUT2D eigenvalue weighted by molar-refractivity contribution is 5.72. The zero-order valence-corrected chi connectivity index (χ0v) is 7.21. The number of esters is 1. The fourth-order valence-electron chi connectivity index (χ4n) is 0.775. The monoisotopic (exact) mass is 183 g/mol. The van der Waals surface area contributed by atoms with Crippen LogP contribution in [0, 0.1) is 5.82 Å². The fraction of sp³-hybridized carbons (Fsp3) is 0.222. The molecule has 0 radical (unpaired) electrons. The van der Waals surface area contributed by atoms with Crippen molar-refractivity contribution in [3.8, 4) is 5.75 Å². The summed E-state index contributed by atoms with van der Waals surface area (Å²) in [6.07, 6.45) is 0.256. The third-order valence-electron chi connectivity index (χ3n) is 1.49. The Morgan fingerprint density at radius 2 is 2.31 bits per heavy atom. The molecule has 0 aliphatic carbocycles. The van der Waals surface area contributed by atoms with E-state index in [4.69, 9.17) is 10.5 Å². The molecular weight excluding hydrogens is 173 g/mol. The van der Waals surface area contributed by atoms with Gasteiger partial charge < -0.3 is 10.5 Å². The van der Waals surface area contributed by atoms with Gasteiger partial charge >= 0.3 is 5.97 Å². The van der Waals surface area contributed by atoms with Gasteiger partial charge in [-0.2, -0.15) is 0 Å². The van der Waals surface area contributed by atoms with Gasteiger partial charge in [0, 0.05) is 12.5 Å². The Morgan fingerprint density at radius 3 is 2.85 bits per heavy atom. The zero-order valence-electron chi connectivity index (χ0n) is 7.21. The number of nitrogens with two attached hydrogens (primary N) is 1. The smallest absolute Gasteiger partial charge is 0.310 e.